The molecule has 8 nitrogen and oxygen atoms in total. The van der Waals surface area contributed by atoms with E-state index in [0.29, 0.717) is 18.6 Å². The summed E-state index contributed by atoms with van der Waals surface area (Å²) in [6.07, 6.45) is 1.60. The van der Waals surface area contributed by atoms with Gasteiger partial charge in [-0.3, -0.25) is 13.9 Å². The number of benzene rings is 3. The number of carbonyl (C=O) groups excluding carboxylic acids is 2. The van der Waals surface area contributed by atoms with E-state index in [1.165, 1.54) is 30.2 Å². The SMILES string of the molecule is CC[C@H](C(=O)N[C@@H](C)CC)N(CCc1ccccc1)C(=O)CN(c1ccc(OC)c(Cl)c1)S(=O)(=O)c1ccc(C)cc1. The van der Waals surface area contributed by atoms with E-state index in [1.807, 2.05) is 58.0 Å². The molecule has 42 heavy (non-hydrogen) atoms. The first-order valence-corrected chi connectivity index (χ1v) is 15.9. The minimum Gasteiger partial charge on any atom is -0.495 e. The van der Waals surface area contributed by atoms with E-state index in [4.69, 9.17) is 16.3 Å². The molecule has 0 aromatic heterocycles. The van der Waals surface area contributed by atoms with Gasteiger partial charge in [-0.2, -0.15) is 0 Å². The Labute approximate surface area is 254 Å². The van der Waals surface area contributed by atoms with Crippen molar-refractivity contribution in [2.45, 2.75) is 63.9 Å². The second kappa shape index (κ2) is 15.1. The minimum absolute atomic E-state index is 0.0326. The summed E-state index contributed by atoms with van der Waals surface area (Å²) < 4.78 is 34.3. The van der Waals surface area contributed by atoms with Crippen LogP contribution in [0.25, 0.3) is 0 Å². The Balaban J connectivity index is 2.04. The number of hydrogen-bond acceptors (Lipinski definition) is 5. The van der Waals surface area contributed by atoms with E-state index < -0.39 is 28.5 Å². The molecule has 0 fully saturated rings. The van der Waals surface area contributed by atoms with Crippen LogP contribution in [0.5, 0.6) is 5.75 Å². The first-order chi connectivity index (χ1) is 20.0. The average molecular weight is 614 g/mol. The van der Waals surface area contributed by atoms with E-state index in [2.05, 4.69) is 5.32 Å². The third kappa shape index (κ3) is 8.26. The van der Waals surface area contributed by atoms with Crippen molar-refractivity contribution < 1.29 is 22.7 Å². The van der Waals surface area contributed by atoms with Crippen LogP contribution in [0.4, 0.5) is 5.69 Å². The molecule has 0 saturated heterocycles. The number of amides is 2. The number of nitrogens with one attached hydrogen (secondary N) is 1. The second-order valence-electron chi connectivity index (χ2n) is 10.2. The second-order valence-corrected chi connectivity index (χ2v) is 12.5. The van der Waals surface area contributed by atoms with Crippen molar-refractivity contribution in [2.75, 3.05) is 24.5 Å². The molecular weight excluding hydrogens is 574 g/mol. The van der Waals surface area contributed by atoms with Gasteiger partial charge in [0.15, 0.2) is 0 Å². The van der Waals surface area contributed by atoms with Crippen LogP contribution in [0.15, 0.2) is 77.7 Å². The smallest absolute Gasteiger partial charge is 0.264 e. The lowest BCUT2D eigenvalue weighted by molar-refractivity contribution is -0.139. The van der Waals surface area contributed by atoms with Gasteiger partial charge in [-0.05, 0) is 69.0 Å². The molecule has 0 spiro atoms. The molecule has 10 heteroatoms. The van der Waals surface area contributed by atoms with Crippen molar-refractivity contribution in [1.29, 1.82) is 0 Å². The van der Waals surface area contributed by atoms with Gasteiger partial charge in [0.1, 0.15) is 18.3 Å². The zero-order valence-electron chi connectivity index (χ0n) is 24.8. The van der Waals surface area contributed by atoms with Crippen LogP contribution >= 0.6 is 11.6 Å². The summed E-state index contributed by atoms with van der Waals surface area (Å²) in [6, 6.07) is 19.8. The molecule has 2 amide bonds. The molecule has 1 N–H and O–H groups in total. The first-order valence-electron chi connectivity index (χ1n) is 14.1. The van der Waals surface area contributed by atoms with Gasteiger partial charge < -0.3 is 15.0 Å². The fraction of sp³-hybridized carbons (Fsp3) is 0.375. The van der Waals surface area contributed by atoms with E-state index in [0.717, 1.165) is 21.9 Å². The van der Waals surface area contributed by atoms with Crippen molar-refractivity contribution in [1.82, 2.24) is 10.2 Å². The summed E-state index contributed by atoms with van der Waals surface area (Å²) in [6.45, 7) is 7.29. The van der Waals surface area contributed by atoms with Gasteiger partial charge in [-0.15, -0.1) is 0 Å². The Kier molecular flexibility index (Phi) is 11.8. The molecule has 3 rings (SSSR count). The lowest BCUT2D eigenvalue weighted by Gasteiger charge is -2.33. The predicted molar refractivity (Wildman–Crippen MR) is 168 cm³/mol. The quantitative estimate of drug-likeness (QED) is 0.255. The van der Waals surface area contributed by atoms with Gasteiger partial charge in [0.2, 0.25) is 11.8 Å². The Morgan fingerprint density at radius 3 is 2.21 bits per heavy atom. The van der Waals surface area contributed by atoms with Gasteiger partial charge >= 0.3 is 0 Å². The van der Waals surface area contributed by atoms with Gasteiger partial charge in [0, 0.05) is 12.6 Å². The normalized spacial score (nSPS) is 12.7. The first kappa shape index (κ1) is 32.9. The fourth-order valence-corrected chi connectivity index (χ4v) is 6.17. The number of sulfonamides is 1. The van der Waals surface area contributed by atoms with Crippen molar-refractivity contribution in [3.8, 4) is 5.75 Å². The molecule has 0 unspecified atom stereocenters. The molecule has 2 atom stereocenters. The Bertz CT molecular complexity index is 1450. The number of anilines is 1. The molecule has 0 heterocycles. The third-order valence-corrected chi connectivity index (χ3v) is 9.27. The summed E-state index contributed by atoms with van der Waals surface area (Å²) in [5, 5.41) is 3.19. The summed E-state index contributed by atoms with van der Waals surface area (Å²) in [5.41, 5.74) is 2.10. The summed E-state index contributed by atoms with van der Waals surface area (Å²) >= 11 is 6.39. The number of halogens is 1. The van der Waals surface area contributed by atoms with E-state index >= 15 is 0 Å². The van der Waals surface area contributed by atoms with Crippen LogP contribution < -0.4 is 14.4 Å². The standard InChI is InChI=1S/C32H40ClN3O5S/c1-6-24(4)34-32(38)29(7-2)35(20-19-25-11-9-8-10-12-25)31(37)22-36(26-15-18-30(41-5)28(33)21-26)42(39,40)27-16-13-23(3)14-17-27/h8-18,21,24,29H,6-7,19-20,22H2,1-5H3,(H,34,38)/t24-,29+/m0/s1. The van der Waals surface area contributed by atoms with Crippen LogP contribution in [0.2, 0.25) is 5.02 Å². The Morgan fingerprint density at radius 1 is 0.976 bits per heavy atom. The summed E-state index contributed by atoms with van der Waals surface area (Å²) in [7, 11) is -2.73. The molecular formula is C32H40ClN3O5S. The number of aryl methyl sites for hydroxylation is 1. The monoisotopic (exact) mass is 613 g/mol. The maximum atomic E-state index is 14.1. The number of rotatable bonds is 14. The Morgan fingerprint density at radius 2 is 1.64 bits per heavy atom. The number of ether oxygens (including phenoxy) is 1. The largest absolute Gasteiger partial charge is 0.495 e. The molecule has 3 aromatic carbocycles. The highest BCUT2D eigenvalue weighted by molar-refractivity contribution is 7.92. The minimum atomic E-state index is -4.19. The molecule has 0 saturated carbocycles. The van der Waals surface area contributed by atoms with Crippen molar-refractivity contribution in [3.63, 3.8) is 0 Å². The Hall–Kier alpha value is -3.56. The molecule has 0 radical (unpaired) electrons. The van der Waals surface area contributed by atoms with Crippen molar-refractivity contribution in [3.05, 3.63) is 88.9 Å². The van der Waals surface area contributed by atoms with Crippen LogP contribution in [0, 0.1) is 6.92 Å². The van der Waals surface area contributed by atoms with Crippen molar-refractivity contribution >= 4 is 39.1 Å². The summed E-state index contributed by atoms with van der Waals surface area (Å²) in [5.74, 6) is -0.398. The van der Waals surface area contributed by atoms with Crippen LogP contribution in [-0.4, -0.2) is 57.4 Å². The number of hydrogen-bond donors (Lipinski definition) is 1. The van der Waals surface area contributed by atoms with E-state index in [1.54, 1.807) is 24.3 Å². The lowest BCUT2D eigenvalue weighted by Crippen LogP contribution is -2.54. The fourth-order valence-electron chi connectivity index (χ4n) is 4.51. The van der Waals surface area contributed by atoms with Gasteiger partial charge in [-0.25, -0.2) is 8.42 Å². The zero-order chi connectivity index (χ0) is 30.9. The van der Waals surface area contributed by atoms with E-state index in [-0.39, 0.29) is 34.1 Å². The molecule has 0 bridgehead atoms. The van der Waals surface area contributed by atoms with Gasteiger partial charge in [-0.1, -0.05) is 73.5 Å². The number of carbonyl (C=O) groups is 2. The van der Waals surface area contributed by atoms with Crippen molar-refractivity contribution in [2.24, 2.45) is 0 Å². The van der Waals surface area contributed by atoms with Crippen LogP contribution in [0.1, 0.15) is 44.7 Å². The average Bonchev–Trinajstić information content (AvgIpc) is 2.98. The van der Waals surface area contributed by atoms with E-state index in [9.17, 15) is 18.0 Å². The topological polar surface area (TPSA) is 96.0 Å². The summed E-state index contributed by atoms with van der Waals surface area (Å²) in [4.78, 5) is 29.0. The molecule has 3 aromatic rings. The zero-order valence-corrected chi connectivity index (χ0v) is 26.4. The maximum absolute atomic E-state index is 14.1. The predicted octanol–water partition coefficient (Wildman–Crippen LogP) is 5.62. The van der Waals surface area contributed by atoms with Crippen LogP contribution in [0.3, 0.4) is 0 Å². The number of methoxy groups -OCH3 is 1. The highest BCUT2D eigenvalue weighted by Crippen LogP contribution is 2.32. The lowest BCUT2D eigenvalue weighted by atomic mass is 10.1. The van der Waals surface area contributed by atoms with Gasteiger partial charge in [0.05, 0.1) is 22.7 Å². The molecule has 0 aliphatic carbocycles. The highest BCUT2D eigenvalue weighted by atomic mass is 35.5. The van der Waals surface area contributed by atoms with Crippen LogP contribution in [-0.2, 0) is 26.0 Å². The molecule has 0 aliphatic heterocycles. The third-order valence-electron chi connectivity index (χ3n) is 7.18. The molecule has 226 valence electrons. The molecule has 0 aliphatic rings. The van der Waals surface area contributed by atoms with Gasteiger partial charge in [0.25, 0.3) is 10.0 Å². The maximum Gasteiger partial charge on any atom is 0.264 e. The highest BCUT2D eigenvalue weighted by Gasteiger charge is 2.34. The number of nitrogens with zero attached hydrogens (tertiary/aromatic N) is 2.